The summed E-state index contributed by atoms with van der Waals surface area (Å²) in [5.74, 6) is 0.564. The van der Waals surface area contributed by atoms with Crippen LogP contribution >= 0.6 is 0 Å². The Labute approximate surface area is 154 Å². The van der Waals surface area contributed by atoms with Crippen LogP contribution in [0.5, 0.6) is 5.75 Å². The van der Waals surface area contributed by atoms with Gasteiger partial charge in [0.25, 0.3) is 0 Å². The fraction of sp³-hybridized carbons (Fsp3) is 0.600. The Morgan fingerprint density at radius 2 is 1.85 bits per heavy atom. The zero-order valence-electron chi connectivity index (χ0n) is 15.4. The number of hydrogen-bond donors (Lipinski definition) is 1. The van der Waals surface area contributed by atoms with Crippen molar-refractivity contribution in [2.45, 2.75) is 50.7 Å². The van der Waals surface area contributed by atoms with Gasteiger partial charge in [-0.25, -0.2) is 0 Å². The second-order valence-corrected chi connectivity index (χ2v) is 7.29. The van der Waals surface area contributed by atoms with E-state index in [-0.39, 0.29) is 37.4 Å². The molecule has 1 aromatic rings. The Morgan fingerprint density at radius 3 is 2.50 bits per heavy atom. The van der Waals surface area contributed by atoms with Crippen molar-refractivity contribution >= 4 is 11.8 Å². The molecule has 0 radical (unpaired) electrons. The average Bonchev–Trinajstić information content (AvgIpc) is 2.81. The highest BCUT2D eigenvalue weighted by Gasteiger charge is 2.33. The van der Waals surface area contributed by atoms with Crippen molar-refractivity contribution in [1.29, 1.82) is 0 Å². The van der Waals surface area contributed by atoms with Gasteiger partial charge in [-0.05, 0) is 30.5 Å². The van der Waals surface area contributed by atoms with Crippen LogP contribution in [0.25, 0.3) is 0 Å². The predicted molar refractivity (Wildman–Crippen MR) is 97.9 cm³/mol. The summed E-state index contributed by atoms with van der Waals surface area (Å²) in [6, 6.07) is 7.54. The number of β-amino-alcohol motifs (C(OH)–C–C–N with tert-alkyl or cyclic N) is 1. The van der Waals surface area contributed by atoms with Crippen LogP contribution in [-0.2, 0) is 16.0 Å². The fourth-order valence-electron chi connectivity index (χ4n) is 3.92. The van der Waals surface area contributed by atoms with E-state index in [1.54, 1.807) is 7.11 Å². The zero-order chi connectivity index (χ0) is 18.5. The number of benzene rings is 1. The molecule has 1 heterocycles. The average molecular weight is 360 g/mol. The number of carbonyl (C=O) groups is 2. The van der Waals surface area contributed by atoms with Gasteiger partial charge in [0.1, 0.15) is 5.75 Å². The molecule has 0 aromatic heterocycles. The Kier molecular flexibility index (Phi) is 6.14. The SMILES string of the molecule is COc1ccc(CC(=O)N2CC(=O)N(C3CCCCC3)CC(O)C2)cc1. The molecule has 2 fully saturated rings. The first-order valence-electron chi connectivity index (χ1n) is 9.45. The van der Waals surface area contributed by atoms with Gasteiger partial charge >= 0.3 is 0 Å². The third-order valence-corrected chi connectivity index (χ3v) is 5.37. The van der Waals surface area contributed by atoms with Crippen LogP contribution in [0.1, 0.15) is 37.7 Å². The maximum atomic E-state index is 12.7. The van der Waals surface area contributed by atoms with Crippen molar-refractivity contribution in [3.05, 3.63) is 29.8 Å². The lowest BCUT2D eigenvalue weighted by Crippen LogP contribution is -2.45. The number of methoxy groups -OCH3 is 1. The molecule has 1 atom stereocenters. The highest BCUT2D eigenvalue weighted by Crippen LogP contribution is 2.24. The number of aliphatic hydroxyl groups is 1. The number of ether oxygens (including phenoxy) is 1. The standard InChI is InChI=1S/C20H28N2O4/c1-26-18-9-7-15(8-10-18)11-19(24)21-12-17(23)13-22(20(25)14-21)16-5-3-2-4-6-16/h7-10,16-17,23H,2-6,11-14H2,1H3. The zero-order valence-corrected chi connectivity index (χ0v) is 15.4. The van der Waals surface area contributed by atoms with E-state index < -0.39 is 6.10 Å². The van der Waals surface area contributed by atoms with Gasteiger partial charge in [0.05, 0.1) is 26.2 Å². The van der Waals surface area contributed by atoms with Gasteiger partial charge < -0.3 is 19.6 Å². The minimum absolute atomic E-state index is 0.0449. The highest BCUT2D eigenvalue weighted by molar-refractivity contribution is 5.86. The molecule has 3 rings (SSSR count). The van der Waals surface area contributed by atoms with Crippen LogP contribution < -0.4 is 4.74 Å². The normalized spacial score (nSPS) is 22.2. The molecule has 1 saturated heterocycles. The molecule has 1 saturated carbocycles. The van der Waals surface area contributed by atoms with E-state index >= 15 is 0 Å². The van der Waals surface area contributed by atoms with E-state index in [4.69, 9.17) is 4.74 Å². The lowest BCUT2D eigenvalue weighted by atomic mass is 9.94. The summed E-state index contributed by atoms with van der Waals surface area (Å²) in [6.45, 7) is 0.600. The quantitative estimate of drug-likeness (QED) is 0.885. The predicted octanol–water partition coefficient (Wildman–Crippen LogP) is 1.60. The molecule has 0 spiro atoms. The molecular formula is C20H28N2O4. The van der Waals surface area contributed by atoms with E-state index in [1.807, 2.05) is 29.2 Å². The van der Waals surface area contributed by atoms with Crippen molar-refractivity contribution in [1.82, 2.24) is 9.80 Å². The summed E-state index contributed by atoms with van der Waals surface area (Å²) in [6.07, 6.45) is 5.00. The Morgan fingerprint density at radius 1 is 1.15 bits per heavy atom. The van der Waals surface area contributed by atoms with E-state index in [0.717, 1.165) is 37.0 Å². The Hall–Kier alpha value is -2.08. The molecule has 1 aliphatic carbocycles. The Balaban J connectivity index is 1.64. The lowest BCUT2D eigenvalue weighted by Gasteiger charge is -2.34. The maximum Gasteiger partial charge on any atom is 0.242 e. The first kappa shape index (κ1) is 18.7. The van der Waals surface area contributed by atoms with Crippen molar-refractivity contribution in [3.63, 3.8) is 0 Å². The van der Waals surface area contributed by atoms with Crippen LogP contribution in [0.4, 0.5) is 0 Å². The minimum atomic E-state index is -0.691. The van der Waals surface area contributed by atoms with E-state index in [2.05, 4.69) is 0 Å². The number of carbonyl (C=O) groups excluding carboxylic acids is 2. The molecule has 1 N–H and O–H groups in total. The number of nitrogens with zero attached hydrogens (tertiary/aromatic N) is 2. The minimum Gasteiger partial charge on any atom is -0.497 e. The largest absolute Gasteiger partial charge is 0.497 e. The first-order valence-corrected chi connectivity index (χ1v) is 9.45. The van der Waals surface area contributed by atoms with Crippen LogP contribution in [-0.4, -0.2) is 65.6 Å². The van der Waals surface area contributed by atoms with Gasteiger partial charge in [-0.2, -0.15) is 0 Å². The fourth-order valence-corrected chi connectivity index (χ4v) is 3.92. The molecule has 142 valence electrons. The van der Waals surface area contributed by atoms with Crippen LogP contribution in [0.15, 0.2) is 24.3 Å². The number of hydrogen-bond acceptors (Lipinski definition) is 4. The van der Waals surface area contributed by atoms with Crippen LogP contribution in [0, 0.1) is 0 Å². The van der Waals surface area contributed by atoms with Gasteiger partial charge in [-0.3, -0.25) is 9.59 Å². The number of aliphatic hydroxyl groups excluding tert-OH is 1. The molecular weight excluding hydrogens is 332 g/mol. The second kappa shape index (κ2) is 8.54. The molecule has 1 aromatic carbocycles. The smallest absolute Gasteiger partial charge is 0.242 e. The molecule has 0 bridgehead atoms. The van der Waals surface area contributed by atoms with Gasteiger partial charge in [-0.15, -0.1) is 0 Å². The molecule has 1 aliphatic heterocycles. The van der Waals surface area contributed by atoms with Gasteiger partial charge in [0.2, 0.25) is 11.8 Å². The third-order valence-electron chi connectivity index (χ3n) is 5.37. The maximum absolute atomic E-state index is 12.7. The molecule has 1 unspecified atom stereocenters. The molecule has 26 heavy (non-hydrogen) atoms. The molecule has 6 heteroatoms. The van der Waals surface area contributed by atoms with E-state index in [9.17, 15) is 14.7 Å². The summed E-state index contributed by atoms with van der Waals surface area (Å²) in [4.78, 5) is 28.7. The molecule has 2 aliphatic rings. The summed E-state index contributed by atoms with van der Waals surface area (Å²) in [7, 11) is 1.60. The highest BCUT2D eigenvalue weighted by atomic mass is 16.5. The Bertz CT molecular complexity index is 625. The number of rotatable bonds is 4. The first-order chi connectivity index (χ1) is 12.6. The van der Waals surface area contributed by atoms with Gasteiger partial charge in [0, 0.05) is 19.1 Å². The van der Waals surface area contributed by atoms with E-state index in [1.165, 1.54) is 11.3 Å². The van der Waals surface area contributed by atoms with Crippen LogP contribution in [0.2, 0.25) is 0 Å². The summed E-state index contributed by atoms with van der Waals surface area (Å²) in [5.41, 5.74) is 0.867. The van der Waals surface area contributed by atoms with Crippen molar-refractivity contribution < 1.29 is 19.4 Å². The van der Waals surface area contributed by atoms with Crippen molar-refractivity contribution in [2.24, 2.45) is 0 Å². The summed E-state index contributed by atoms with van der Waals surface area (Å²) in [5, 5.41) is 10.4. The summed E-state index contributed by atoms with van der Waals surface area (Å²) < 4.78 is 5.13. The van der Waals surface area contributed by atoms with Gasteiger partial charge in [-0.1, -0.05) is 31.4 Å². The van der Waals surface area contributed by atoms with Gasteiger partial charge in [0.15, 0.2) is 0 Å². The van der Waals surface area contributed by atoms with Crippen molar-refractivity contribution in [3.8, 4) is 5.75 Å². The molecule has 6 nitrogen and oxygen atoms in total. The summed E-state index contributed by atoms with van der Waals surface area (Å²) >= 11 is 0. The monoisotopic (exact) mass is 360 g/mol. The van der Waals surface area contributed by atoms with E-state index in [0.29, 0.717) is 6.54 Å². The third kappa shape index (κ3) is 4.55. The molecule has 2 amide bonds. The number of amides is 2. The van der Waals surface area contributed by atoms with Crippen LogP contribution in [0.3, 0.4) is 0 Å². The van der Waals surface area contributed by atoms with Crippen molar-refractivity contribution in [2.75, 3.05) is 26.7 Å². The second-order valence-electron chi connectivity index (χ2n) is 7.29. The topological polar surface area (TPSA) is 70.1 Å². The lowest BCUT2D eigenvalue weighted by molar-refractivity contribution is -0.139.